The zero-order valence-corrected chi connectivity index (χ0v) is 17.1. The first-order chi connectivity index (χ1) is 13.9. The molecule has 1 aliphatic carbocycles. The van der Waals surface area contributed by atoms with Crippen LogP contribution in [0.5, 0.6) is 5.75 Å². The summed E-state index contributed by atoms with van der Waals surface area (Å²) in [6, 6.07) is 8.53. The number of nitrogens with one attached hydrogen (secondary N) is 2. The quantitative estimate of drug-likeness (QED) is 0.425. The summed E-state index contributed by atoms with van der Waals surface area (Å²) in [5.41, 5.74) is 3.67. The van der Waals surface area contributed by atoms with Crippen LogP contribution in [0.2, 0.25) is 0 Å². The lowest BCUT2D eigenvalue weighted by molar-refractivity contribution is 0.478. The topological polar surface area (TPSA) is 119 Å². The van der Waals surface area contributed by atoms with E-state index in [-0.39, 0.29) is 28.1 Å². The Balaban J connectivity index is 1.69. The van der Waals surface area contributed by atoms with Crippen LogP contribution < -0.4 is 16.3 Å². The van der Waals surface area contributed by atoms with Gasteiger partial charge in [0, 0.05) is 6.04 Å². The highest BCUT2D eigenvalue weighted by Crippen LogP contribution is 2.55. The number of aromatic hydroxyl groups is 1. The molecule has 29 heavy (non-hydrogen) atoms. The molecule has 1 saturated carbocycles. The van der Waals surface area contributed by atoms with Crippen molar-refractivity contribution in [3.05, 3.63) is 51.6 Å². The average Bonchev–Trinajstić information content (AvgIpc) is 3.41. The SMILES string of the molecule is CC(Nn1c(=O)c(C2=NS(O)(O)c3ccccc3N2)c(O)c2sccc21)C1CC1. The van der Waals surface area contributed by atoms with Crippen molar-refractivity contribution in [1.82, 2.24) is 4.68 Å². The first-order valence-corrected chi connectivity index (χ1v) is 11.6. The predicted octanol–water partition coefficient (Wildman–Crippen LogP) is 4.01. The van der Waals surface area contributed by atoms with Crippen molar-refractivity contribution in [3.8, 4) is 5.75 Å². The second-order valence-corrected chi connectivity index (χ2v) is 9.91. The van der Waals surface area contributed by atoms with Gasteiger partial charge in [0.05, 0.1) is 15.9 Å². The van der Waals surface area contributed by atoms with E-state index < -0.39 is 16.3 Å². The Bertz CT molecular complexity index is 1210. The number of thiophene rings is 1. The second kappa shape index (κ2) is 6.49. The van der Waals surface area contributed by atoms with E-state index in [4.69, 9.17) is 0 Å². The Morgan fingerprint density at radius 2 is 2.07 bits per heavy atom. The van der Waals surface area contributed by atoms with E-state index in [2.05, 4.69) is 15.1 Å². The predicted molar refractivity (Wildman–Crippen MR) is 117 cm³/mol. The first kappa shape index (κ1) is 18.5. The molecule has 1 atom stereocenters. The maximum Gasteiger partial charge on any atom is 0.284 e. The number of anilines is 1. The Labute approximate surface area is 172 Å². The zero-order chi connectivity index (χ0) is 20.3. The van der Waals surface area contributed by atoms with Gasteiger partial charge in [0.15, 0.2) is 11.6 Å². The molecular formula is C19H20N4O4S2. The molecule has 2 aromatic heterocycles. The van der Waals surface area contributed by atoms with E-state index in [0.717, 1.165) is 12.8 Å². The molecule has 8 nitrogen and oxygen atoms in total. The van der Waals surface area contributed by atoms with Crippen LogP contribution in [0.1, 0.15) is 25.3 Å². The van der Waals surface area contributed by atoms with Crippen molar-refractivity contribution in [2.24, 2.45) is 10.3 Å². The number of hydrogen-bond donors (Lipinski definition) is 5. The number of fused-ring (bicyclic) bond motifs is 2. The summed E-state index contributed by atoms with van der Waals surface area (Å²) >= 11 is 1.30. The van der Waals surface area contributed by atoms with Gasteiger partial charge < -0.3 is 15.8 Å². The van der Waals surface area contributed by atoms with Crippen LogP contribution in [0.15, 0.2) is 49.8 Å². The lowest BCUT2D eigenvalue weighted by Crippen LogP contribution is -2.39. The molecule has 10 heteroatoms. The van der Waals surface area contributed by atoms with Crippen molar-refractivity contribution in [2.45, 2.75) is 30.7 Å². The van der Waals surface area contributed by atoms with Gasteiger partial charge in [0.25, 0.3) is 5.56 Å². The van der Waals surface area contributed by atoms with Crippen molar-refractivity contribution in [2.75, 3.05) is 10.7 Å². The summed E-state index contributed by atoms with van der Waals surface area (Å²) < 4.78 is 27.0. The Hall–Kier alpha value is -2.53. The highest BCUT2D eigenvalue weighted by atomic mass is 32.3. The molecule has 2 aliphatic rings. The summed E-state index contributed by atoms with van der Waals surface area (Å²) in [5, 5.41) is 15.6. The maximum absolute atomic E-state index is 13.4. The number of para-hydroxylation sites is 1. The maximum atomic E-state index is 13.4. The monoisotopic (exact) mass is 432 g/mol. The van der Waals surface area contributed by atoms with Crippen molar-refractivity contribution < 1.29 is 14.2 Å². The van der Waals surface area contributed by atoms with Crippen LogP contribution in [0, 0.1) is 5.92 Å². The Kier molecular flexibility index (Phi) is 4.14. The van der Waals surface area contributed by atoms with Gasteiger partial charge in [-0.1, -0.05) is 22.9 Å². The number of aromatic nitrogens is 1. The average molecular weight is 433 g/mol. The van der Waals surface area contributed by atoms with Crippen molar-refractivity contribution in [1.29, 1.82) is 0 Å². The molecule has 5 N–H and O–H groups in total. The number of nitrogens with zero attached hydrogens (tertiary/aromatic N) is 2. The fourth-order valence-electron chi connectivity index (χ4n) is 3.58. The number of rotatable bonds is 4. The minimum absolute atomic E-state index is 0.0591. The molecule has 0 bridgehead atoms. The highest BCUT2D eigenvalue weighted by molar-refractivity contribution is 8.23. The minimum Gasteiger partial charge on any atom is -0.505 e. The lowest BCUT2D eigenvalue weighted by Gasteiger charge is -2.34. The molecule has 3 heterocycles. The fourth-order valence-corrected chi connectivity index (χ4v) is 5.57. The van der Waals surface area contributed by atoms with E-state index in [1.165, 1.54) is 16.0 Å². The third-order valence-electron chi connectivity index (χ3n) is 5.31. The number of pyridine rings is 1. The second-order valence-electron chi connectivity index (χ2n) is 7.33. The summed E-state index contributed by atoms with van der Waals surface area (Å²) in [6.07, 6.45) is 2.24. The number of benzene rings is 1. The van der Waals surface area contributed by atoms with Crippen LogP contribution in [0.4, 0.5) is 5.69 Å². The van der Waals surface area contributed by atoms with Crippen LogP contribution in [0.25, 0.3) is 10.2 Å². The smallest absolute Gasteiger partial charge is 0.284 e. The van der Waals surface area contributed by atoms with Crippen LogP contribution in [-0.2, 0) is 0 Å². The molecule has 5 rings (SSSR count). The number of hydrogen-bond acceptors (Lipinski definition) is 8. The molecule has 0 spiro atoms. The van der Waals surface area contributed by atoms with E-state index in [0.29, 0.717) is 21.8 Å². The van der Waals surface area contributed by atoms with Gasteiger partial charge in [-0.25, -0.2) is 4.68 Å². The summed E-state index contributed by atoms with van der Waals surface area (Å²) in [4.78, 5) is 13.6. The van der Waals surface area contributed by atoms with E-state index >= 15 is 0 Å². The molecule has 152 valence electrons. The fraction of sp³-hybridized carbons (Fsp3) is 0.263. The van der Waals surface area contributed by atoms with Gasteiger partial charge in [-0.3, -0.25) is 13.9 Å². The summed E-state index contributed by atoms with van der Waals surface area (Å²) in [7, 11) is -3.50. The van der Waals surface area contributed by atoms with Crippen LogP contribution >= 0.6 is 22.1 Å². The molecule has 3 aromatic rings. The van der Waals surface area contributed by atoms with E-state index in [1.54, 1.807) is 35.7 Å². The third kappa shape index (κ3) is 2.99. The van der Waals surface area contributed by atoms with Gasteiger partial charge in [-0.15, -0.1) is 15.7 Å². The van der Waals surface area contributed by atoms with Gasteiger partial charge >= 0.3 is 0 Å². The van der Waals surface area contributed by atoms with Crippen LogP contribution in [0.3, 0.4) is 0 Å². The Morgan fingerprint density at radius 3 is 2.83 bits per heavy atom. The lowest BCUT2D eigenvalue weighted by atomic mass is 10.2. The Morgan fingerprint density at radius 1 is 1.31 bits per heavy atom. The third-order valence-corrected chi connectivity index (χ3v) is 7.60. The highest BCUT2D eigenvalue weighted by Gasteiger charge is 2.32. The van der Waals surface area contributed by atoms with Gasteiger partial charge in [0.2, 0.25) is 0 Å². The molecule has 0 amide bonds. The molecule has 1 aliphatic heterocycles. The molecule has 1 unspecified atom stereocenters. The molecule has 1 fully saturated rings. The van der Waals surface area contributed by atoms with Crippen LogP contribution in [-0.4, -0.2) is 30.8 Å². The normalized spacial score (nSPS) is 19.8. The van der Waals surface area contributed by atoms with Crippen molar-refractivity contribution >= 4 is 43.9 Å². The molecule has 0 saturated heterocycles. The van der Waals surface area contributed by atoms with E-state index in [9.17, 15) is 19.0 Å². The zero-order valence-electron chi connectivity index (χ0n) is 15.5. The van der Waals surface area contributed by atoms with E-state index in [1.807, 2.05) is 6.92 Å². The first-order valence-electron chi connectivity index (χ1n) is 9.23. The molecule has 1 aromatic carbocycles. The van der Waals surface area contributed by atoms with Gasteiger partial charge in [0.1, 0.15) is 10.5 Å². The summed E-state index contributed by atoms with van der Waals surface area (Å²) in [6.45, 7) is 2.03. The standard InChI is InChI=1S/C19H20N4O4S2/c1-10(11-6-7-11)21-23-13-8-9-28-17(13)16(24)15(19(23)25)18-20-12-4-2-3-5-14(12)29(26,27)22-18/h2-5,8-11,21,24,26-27H,6-7H2,1H3,(H,20,22). The molecular weight excluding hydrogens is 412 g/mol. The minimum atomic E-state index is -3.50. The number of amidine groups is 1. The van der Waals surface area contributed by atoms with Gasteiger partial charge in [-0.2, -0.15) is 0 Å². The molecule has 0 radical (unpaired) electrons. The summed E-state index contributed by atoms with van der Waals surface area (Å²) in [5.74, 6) is 0.228. The largest absolute Gasteiger partial charge is 0.505 e. The van der Waals surface area contributed by atoms with Crippen molar-refractivity contribution in [3.63, 3.8) is 0 Å². The van der Waals surface area contributed by atoms with Gasteiger partial charge in [-0.05, 0) is 49.3 Å².